The summed E-state index contributed by atoms with van der Waals surface area (Å²) < 4.78 is 0. The monoisotopic (exact) mass is 200 g/mol. The van der Waals surface area contributed by atoms with Gasteiger partial charge in [0.1, 0.15) is 0 Å². The molecule has 1 aromatic carbocycles. The number of rotatable bonds is 5. The first-order chi connectivity index (χ1) is 7.22. The highest BCUT2D eigenvalue weighted by Crippen LogP contribution is 2.07. The van der Waals surface area contributed by atoms with Gasteiger partial charge in [-0.2, -0.15) is 0 Å². The average Bonchev–Trinajstić information content (AvgIpc) is 2.27. The quantitative estimate of drug-likeness (QED) is 0.724. The third kappa shape index (κ3) is 4.43. The summed E-state index contributed by atoms with van der Waals surface area (Å²) in [5, 5.41) is 9.62. The normalized spacial score (nSPS) is 12.6. The van der Waals surface area contributed by atoms with Crippen molar-refractivity contribution in [1.82, 2.24) is 0 Å². The number of aliphatic hydroxyl groups is 1. The Morgan fingerprint density at radius 1 is 1.33 bits per heavy atom. The molecule has 1 rings (SSSR count). The van der Waals surface area contributed by atoms with Crippen molar-refractivity contribution in [2.24, 2.45) is 0 Å². The van der Waals surface area contributed by atoms with Crippen molar-refractivity contribution in [2.75, 3.05) is 0 Å². The highest BCUT2D eigenvalue weighted by atomic mass is 16.3. The van der Waals surface area contributed by atoms with Gasteiger partial charge in [0.15, 0.2) is 0 Å². The van der Waals surface area contributed by atoms with Gasteiger partial charge in [-0.15, -0.1) is 0 Å². The molecule has 1 N–H and O–H groups in total. The van der Waals surface area contributed by atoms with Crippen molar-refractivity contribution in [3.8, 4) is 0 Å². The van der Waals surface area contributed by atoms with Crippen LogP contribution in [0.5, 0.6) is 0 Å². The van der Waals surface area contributed by atoms with Crippen LogP contribution in [0.2, 0.25) is 0 Å². The smallest absolute Gasteiger partial charge is 0.0764 e. The van der Waals surface area contributed by atoms with Crippen LogP contribution < -0.4 is 0 Å². The first kappa shape index (κ1) is 11.5. The third-order valence-electron chi connectivity index (χ3n) is 2.07. The molecule has 0 spiro atoms. The third-order valence-corrected chi connectivity index (χ3v) is 2.07. The molecule has 0 amide bonds. The molecule has 1 aromatic rings. The van der Waals surface area contributed by atoms with E-state index in [-0.39, 0.29) is 0 Å². The fraction of sp³-hybridized carbons (Fsp3) is 0.143. The van der Waals surface area contributed by atoms with Crippen molar-refractivity contribution in [3.05, 3.63) is 66.8 Å². The minimum Gasteiger partial charge on any atom is -0.389 e. The molecule has 15 heavy (non-hydrogen) atoms. The molecule has 78 valence electrons. The first-order valence-corrected chi connectivity index (χ1v) is 4.94. The van der Waals surface area contributed by atoms with E-state index in [4.69, 9.17) is 0 Å². The Hall–Kier alpha value is -1.60. The summed E-state index contributed by atoms with van der Waals surface area (Å²) in [5.74, 6) is 0. The molecule has 0 aliphatic heterocycles. The molecular weight excluding hydrogens is 184 g/mol. The summed E-state index contributed by atoms with van der Waals surface area (Å²) >= 11 is 0. The second-order valence-corrected chi connectivity index (χ2v) is 3.40. The predicted octanol–water partition coefficient (Wildman–Crippen LogP) is 3.19. The molecule has 1 nitrogen and oxygen atoms in total. The molecule has 0 saturated heterocycles. The summed E-state index contributed by atoms with van der Waals surface area (Å²) in [6.45, 7) is 7.35. The first-order valence-electron chi connectivity index (χ1n) is 4.94. The van der Waals surface area contributed by atoms with E-state index in [2.05, 4.69) is 13.2 Å². The van der Waals surface area contributed by atoms with Crippen molar-refractivity contribution in [1.29, 1.82) is 0 Å². The van der Waals surface area contributed by atoms with E-state index >= 15 is 0 Å². The molecule has 1 heteroatoms. The minimum atomic E-state index is -0.490. The topological polar surface area (TPSA) is 20.2 Å². The summed E-state index contributed by atoms with van der Waals surface area (Å²) in [7, 11) is 0. The fourth-order valence-corrected chi connectivity index (χ4v) is 1.21. The molecule has 0 aliphatic rings. The maximum Gasteiger partial charge on any atom is 0.0764 e. The van der Waals surface area contributed by atoms with Gasteiger partial charge in [0, 0.05) is 6.42 Å². The SMILES string of the molecule is C=CC(=C)CC(O)/C=C/c1ccccc1. The van der Waals surface area contributed by atoms with Crippen molar-refractivity contribution in [3.63, 3.8) is 0 Å². The lowest BCUT2D eigenvalue weighted by Gasteiger charge is -2.04. The molecule has 1 unspecified atom stereocenters. The van der Waals surface area contributed by atoms with Gasteiger partial charge in [-0.05, 0) is 5.56 Å². The molecule has 0 radical (unpaired) electrons. The molecule has 0 saturated carbocycles. The fourth-order valence-electron chi connectivity index (χ4n) is 1.21. The van der Waals surface area contributed by atoms with Crippen LogP contribution in [0.25, 0.3) is 6.08 Å². The number of benzene rings is 1. The Kier molecular flexibility index (Phi) is 4.58. The Morgan fingerprint density at radius 3 is 2.60 bits per heavy atom. The van der Waals surface area contributed by atoms with Gasteiger partial charge < -0.3 is 5.11 Å². The Labute approximate surface area is 91.1 Å². The highest BCUT2D eigenvalue weighted by molar-refractivity contribution is 5.49. The van der Waals surface area contributed by atoms with Crippen molar-refractivity contribution >= 4 is 6.08 Å². The number of allylic oxidation sites excluding steroid dienone is 1. The van der Waals surface area contributed by atoms with Crippen molar-refractivity contribution < 1.29 is 5.11 Å². The maximum absolute atomic E-state index is 9.62. The number of hydrogen-bond acceptors (Lipinski definition) is 1. The second kappa shape index (κ2) is 5.99. The Bertz CT molecular complexity index is 349. The van der Waals surface area contributed by atoms with E-state index in [1.54, 1.807) is 12.2 Å². The minimum absolute atomic E-state index is 0.490. The molecule has 1 atom stereocenters. The van der Waals surface area contributed by atoms with Crippen LogP contribution in [-0.2, 0) is 0 Å². The van der Waals surface area contributed by atoms with Crippen LogP contribution in [0.3, 0.4) is 0 Å². The van der Waals surface area contributed by atoms with Gasteiger partial charge in [-0.25, -0.2) is 0 Å². The largest absolute Gasteiger partial charge is 0.389 e. The summed E-state index contributed by atoms with van der Waals surface area (Å²) in [5.41, 5.74) is 1.93. The molecule has 0 bridgehead atoms. The lowest BCUT2D eigenvalue weighted by molar-refractivity contribution is 0.225. The predicted molar refractivity (Wildman–Crippen MR) is 65.4 cm³/mol. The van der Waals surface area contributed by atoms with E-state index in [0.29, 0.717) is 6.42 Å². The lowest BCUT2D eigenvalue weighted by Crippen LogP contribution is -2.01. The highest BCUT2D eigenvalue weighted by Gasteiger charge is 1.99. The zero-order valence-corrected chi connectivity index (χ0v) is 8.76. The maximum atomic E-state index is 9.62. The van der Waals surface area contributed by atoms with E-state index in [1.165, 1.54) is 0 Å². The van der Waals surface area contributed by atoms with Gasteiger partial charge in [-0.3, -0.25) is 0 Å². The summed E-state index contributed by atoms with van der Waals surface area (Å²) in [6.07, 6.45) is 5.38. The Morgan fingerprint density at radius 2 is 2.00 bits per heavy atom. The molecule has 0 aliphatic carbocycles. The second-order valence-electron chi connectivity index (χ2n) is 3.40. The van der Waals surface area contributed by atoms with Crippen LogP contribution in [0.15, 0.2) is 61.2 Å². The van der Waals surface area contributed by atoms with Gasteiger partial charge in [0.25, 0.3) is 0 Å². The van der Waals surface area contributed by atoms with Crippen LogP contribution in [-0.4, -0.2) is 11.2 Å². The Balaban J connectivity index is 2.51. The lowest BCUT2D eigenvalue weighted by atomic mass is 10.1. The van der Waals surface area contributed by atoms with E-state index in [0.717, 1.165) is 11.1 Å². The molecule has 0 aromatic heterocycles. The molecular formula is C14H16O. The number of aliphatic hydroxyl groups excluding tert-OH is 1. The van der Waals surface area contributed by atoms with Gasteiger partial charge in [0.2, 0.25) is 0 Å². The van der Waals surface area contributed by atoms with Crippen LogP contribution >= 0.6 is 0 Å². The average molecular weight is 200 g/mol. The van der Waals surface area contributed by atoms with Crippen molar-refractivity contribution in [2.45, 2.75) is 12.5 Å². The summed E-state index contributed by atoms with van der Waals surface area (Å²) in [6, 6.07) is 9.88. The van der Waals surface area contributed by atoms with Crippen LogP contribution in [0.4, 0.5) is 0 Å². The van der Waals surface area contributed by atoms with Gasteiger partial charge in [-0.1, -0.05) is 67.3 Å². The van der Waals surface area contributed by atoms with Gasteiger partial charge >= 0.3 is 0 Å². The van der Waals surface area contributed by atoms with Crippen LogP contribution in [0.1, 0.15) is 12.0 Å². The van der Waals surface area contributed by atoms with E-state index in [1.807, 2.05) is 36.4 Å². The number of hydrogen-bond donors (Lipinski definition) is 1. The molecule has 0 fully saturated rings. The summed E-state index contributed by atoms with van der Waals surface area (Å²) in [4.78, 5) is 0. The van der Waals surface area contributed by atoms with E-state index in [9.17, 15) is 5.11 Å². The zero-order chi connectivity index (χ0) is 11.1. The van der Waals surface area contributed by atoms with Crippen LogP contribution in [0, 0.1) is 0 Å². The zero-order valence-electron chi connectivity index (χ0n) is 8.76. The van der Waals surface area contributed by atoms with Gasteiger partial charge in [0.05, 0.1) is 6.10 Å². The molecule has 0 heterocycles. The standard InChI is InChI=1S/C14H16O/c1-3-12(2)11-14(15)10-9-13-7-5-4-6-8-13/h3-10,14-15H,1-2,11H2/b10-9+. The van der Waals surface area contributed by atoms with E-state index < -0.39 is 6.10 Å².